The highest BCUT2D eigenvalue weighted by Gasteiger charge is 2.24. The first-order valence-corrected chi connectivity index (χ1v) is 6.13. The summed E-state index contributed by atoms with van der Waals surface area (Å²) in [5.41, 5.74) is 1.04. The quantitative estimate of drug-likeness (QED) is 0.850. The Kier molecular flexibility index (Phi) is 5.36. The van der Waals surface area contributed by atoms with Crippen molar-refractivity contribution in [3.8, 4) is 5.75 Å². The normalized spacial score (nSPS) is 11.7. The monoisotopic (exact) mass is 265 g/mol. The van der Waals surface area contributed by atoms with Crippen molar-refractivity contribution in [3.63, 3.8) is 0 Å². The molecule has 0 heterocycles. The number of aliphatic carboxylic acids is 1. The maximum absolute atomic E-state index is 11.8. The van der Waals surface area contributed by atoms with E-state index in [9.17, 15) is 9.59 Å². The molecular formula is C14H19NO4. The average molecular weight is 265 g/mol. The van der Waals surface area contributed by atoms with Gasteiger partial charge in [0.15, 0.2) is 6.61 Å². The maximum atomic E-state index is 11.8. The Morgan fingerprint density at radius 3 is 2.63 bits per heavy atom. The van der Waals surface area contributed by atoms with Crippen LogP contribution >= 0.6 is 0 Å². The Bertz CT molecular complexity index is 459. The summed E-state index contributed by atoms with van der Waals surface area (Å²) in [4.78, 5) is 24.0. The standard InChI is InChI=1S/C14H19NO4/c1-4-12(14(17)18)15(3)13(16)9-19-11-7-5-6-10(2)8-11/h5-8,12H,4,9H2,1-3H3,(H,17,18). The maximum Gasteiger partial charge on any atom is 0.326 e. The molecular weight excluding hydrogens is 246 g/mol. The van der Waals surface area contributed by atoms with Gasteiger partial charge in [-0.2, -0.15) is 0 Å². The number of benzene rings is 1. The van der Waals surface area contributed by atoms with Crippen LogP contribution in [-0.2, 0) is 9.59 Å². The van der Waals surface area contributed by atoms with Gasteiger partial charge in [-0.15, -0.1) is 0 Å². The number of carbonyl (C=O) groups excluding carboxylic acids is 1. The molecule has 5 heteroatoms. The predicted molar refractivity (Wildman–Crippen MR) is 71.2 cm³/mol. The number of nitrogens with zero attached hydrogens (tertiary/aromatic N) is 1. The molecule has 5 nitrogen and oxygen atoms in total. The Balaban J connectivity index is 2.57. The zero-order chi connectivity index (χ0) is 14.4. The summed E-state index contributed by atoms with van der Waals surface area (Å²) in [5, 5.41) is 8.98. The van der Waals surface area contributed by atoms with E-state index in [1.807, 2.05) is 25.1 Å². The molecule has 0 saturated heterocycles. The summed E-state index contributed by atoms with van der Waals surface area (Å²) in [5.74, 6) is -0.755. The van der Waals surface area contributed by atoms with Gasteiger partial charge in [0.1, 0.15) is 11.8 Å². The van der Waals surface area contributed by atoms with E-state index in [1.54, 1.807) is 13.0 Å². The first-order chi connectivity index (χ1) is 8.95. The molecule has 1 aromatic carbocycles. The number of rotatable bonds is 6. The van der Waals surface area contributed by atoms with E-state index in [2.05, 4.69) is 0 Å². The third kappa shape index (κ3) is 4.28. The molecule has 1 aromatic rings. The van der Waals surface area contributed by atoms with E-state index < -0.39 is 12.0 Å². The molecule has 0 fully saturated rings. The fourth-order valence-corrected chi connectivity index (χ4v) is 1.74. The minimum atomic E-state index is -1.01. The highest BCUT2D eigenvalue weighted by atomic mass is 16.5. The number of hydrogen-bond donors (Lipinski definition) is 1. The smallest absolute Gasteiger partial charge is 0.326 e. The molecule has 0 aliphatic rings. The van der Waals surface area contributed by atoms with Gasteiger partial charge in [-0.25, -0.2) is 4.79 Å². The Morgan fingerprint density at radius 2 is 2.11 bits per heavy atom. The lowest BCUT2D eigenvalue weighted by Crippen LogP contribution is -2.44. The molecule has 1 N–H and O–H groups in total. The van der Waals surface area contributed by atoms with Crippen molar-refractivity contribution in [2.75, 3.05) is 13.7 Å². The lowest BCUT2D eigenvalue weighted by atomic mass is 10.2. The molecule has 0 bridgehead atoms. The molecule has 1 unspecified atom stereocenters. The third-order valence-corrected chi connectivity index (χ3v) is 2.88. The molecule has 0 aliphatic carbocycles. The van der Waals surface area contributed by atoms with E-state index in [-0.39, 0.29) is 12.5 Å². The van der Waals surface area contributed by atoms with Crippen molar-refractivity contribution in [2.45, 2.75) is 26.3 Å². The molecule has 1 atom stereocenters. The third-order valence-electron chi connectivity index (χ3n) is 2.88. The van der Waals surface area contributed by atoms with Crippen molar-refractivity contribution in [1.82, 2.24) is 4.90 Å². The zero-order valence-corrected chi connectivity index (χ0v) is 11.4. The summed E-state index contributed by atoms with van der Waals surface area (Å²) < 4.78 is 5.36. The van der Waals surface area contributed by atoms with Crippen molar-refractivity contribution in [2.24, 2.45) is 0 Å². The number of carboxylic acids is 1. The SMILES string of the molecule is CCC(C(=O)O)N(C)C(=O)COc1cccc(C)c1. The summed E-state index contributed by atoms with van der Waals surface area (Å²) >= 11 is 0. The van der Waals surface area contributed by atoms with Crippen LogP contribution in [0.2, 0.25) is 0 Å². The van der Waals surface area contributed by atoms with Gasteiger partial charge in [0.2, 0.25) is 0 Å². The summed E-state index contributed by atoms with van der Waals surface area (Å²) in [6, 6.07) is 6.54. The fourth-order valence-electron chi connectivity index (χ4n) is 1.74. The van der Waals surface area contributed by atoms with Crippen molar-refractivity contribution >= 4 is 11.9 Å². The molecule has 1 amide bonds. The Labute approximate surface area is 112 Å². The number of carbonyl (C=O) groups is 2. The lowest BCUT2D eigenvalue weighted by molar-refractivity contribution is -0.149. The second kappa shape index (κ2) is 6.78. The van der Waals surface area contributed by atoms with Gasteiger partial charge >= 0.3 is 5.97 Å². The molecule has 0 aromatic heterocycles. The van der Waals surface area contributed by atoms with E-state index >= 15 is 0 Å². The van der Waals surface area contributed by atoms with Gasteiger partial charge in [0, 0.05) is 7.05 Å². The van der Waals surface area contributed by atoms with Crippen LogP contribution < -0.4 is 4.74 Å². The first-order valence-electron chi connectivity index (χ1n) is 6.13. The van der Waals surface area contributed by atoms with Crippen LogP contribution in [0.1, 0.15) is 18.9 Å². The topological polar surface area (TPSA) is 66.8 Å². The highest BCUT2D eigenvalue weighted by Crippen LogP contribution is 2.12. The number of ether oxygens (including phenoxy) is 1. The first kappa shape index (κ1) is 15.0. The van der Waals surface area contributed by atoms with E-state index in [4.69, 9.17) is 9.84 Å². The minimum Gasteiger partial charge on any atom is -0.484 e. The van der Waals surface area contributed by atoms with E-state index in [0.29, 0.717) is 12.2 Å². The molecule has 0 saturated carbocycles. The average Bonchev–Trinajstić information content (AvgIpc) is 2.36. The molecule has 0 aliphatic heterocycles. The van der Waals surface area contributed by atoms with Gasteiger partial charge in [-0.3, -0.25) is 4.79 Å². The van der Waals surface area contributed by atoms with Crippen LogP contribution in [-0.4, -0.2) is 41.6 Å². The van der Waals surface area contributed by atoms with Gasteiger partial charge in [-0.05, 0) is 31.0 Å². The van der Waals surface area contributed by atoms with Crippen molar-refractivity contribution in [3.05, 3.63) is 29.8 Å². The van der Waals surface area contributed by atoms with E-state index in [0.717, 1.165) is 5.56 Å². The van der Waals surface area contributed by atoms with Crippen molar-refractivity contribution in [1.29, 1.82) is 0 Å². The summed E-state index contributed by atoms with van der Waals surface area (Å²) in [6.07, 6.45) is 0.363. The molecule has 1 rings (SSSR count). The Hall–Kier alpha value is -2.04. The molecule has 0 spiro atoms. The van der Waals surface area contributed by atoms with Gasteiger partial charge < -0.3 is 14.7 Å². The predicted octanol–water partition coefficient (Wildman–Crippen LogP) is 1.70. The fraction of sp³-hybridized carbons (Fsp3) is 0.429. The second-order valence-electron chi connectivity index (χ2n) is 4.37. The van der Waals surface area contributed by atoms with Crippen LogP contribution in [0.3, 0.4) is 0 Å². The second-order valence-corrected chi connectivity index (χ2v) is 4.37. The zero-order valence-electron chi connectivity index (χ0n) is 11.4. The largest absolute Gasteiger partial charge is 0.484 e. The van der Waals surface area contributed by atoms with Gasteiger partial charge in [-0.1, -0.05) is 19.1 Å². The van der Waals surface area contributed by atoms with Crippen LogP contribution in [0, 0.1) is 6.92 Å². The molecule has 19 heavy (non-hydrogen) atoms. The highest BCUT2D eigenvalue weighted by molar-refractivity contribution is 5.84. The number of amides is 1. The number of hydrogen-bond acceptors (Lipinski definition) is 3. The molecule has 104 valence electrons. The van der Waals surface area contributed by atoms with Crippen molar-refractivity contribution < 1.29 is 19.4 Å². The number of carboxylic acid groups (broad SMARTS) is 1. The van der Waals surface area contributed by atoms with Crippen LogP contribution in [0.25, 0.3) is 0 Å². The van der Waals surface area contributed by atoms with E-state index in [1.165, 1.54) is 11.9 Å². The Morgan fingerprint density at radius 1 is 1.42 bits per heavy atom. The van der Waals surface area contributed by atoms with Gasteiger partial charge in [0.05, 0.1) is 0 Å². The number of aryl methyl sites for hydroxylation is 1. The molecule has 0 radical (unpaired) electrons. The van der Waals surface area contributed by atoms with Crippen LogP contribution in [0.5, 0.6) is 5.75 Å². The van der Waals surface area contributed by atoms with Crippen LogP contribution in [0.15, 0.2) is 24.3 Å². The van der Waals surface area contributed by atoms with Gasteiger partial charge in [0.25, 0.3) is 5.91 Å². The summed E-state index contributed by atoms with van der Waals surface area (Å²) in [7, 11) is 1.48. The summed E-state index contributed by atoms with van der Waals surface area (Å²) in [6.45, 7) is 3.49. The number of likely N-dealkylation sites (N-methyl/N-ethyl adjacent to an activating group) is 1. The minimum absolute atomic E-state index is 0.163. The lowest BCUT2D eigenvalue weighted by Gasteiger charge is -2.23. The van der Waals surface area contributed by atoms with Crippen LogP contribution in [0.4, 0.5) is 0 Å².